The van der Waals surface area contributed by atoms with E-state index < -0.39 is 0 Å². The molecule has 1 atom stereocenters. The third-order valence-corrected chi connectivity index (χ3v) is 6.76. The second-order valence-corrected chi connectivity index (χ2v) is 9.50. The highest BCUT2D eigenvalue weighted by Crippen LogP contribution is 2.36. The number of anilines is 2. The van der Waals surface area contributed by atoms with Gasteiger partial charge in [-0.15, -0.1) is 0 Å². The number of hydrogen-bond acceptors (Lipinski definition) is 3. The van der Waals surface area contributed by atoms with Crippen LogP contribution in [-0.4, -0.2) is 24.4 Å². The van der Waals surface area contributed by atoms with Crippen LogP contribution in [-0.2, 0) is 0 Å². The Hall–Kier alpha value is -3.44. The van der Waals surface area contributed by atoms with Crippen LogP contribution in [0.4, 0.5) is 11.4 Å². The molecule has 0 bridgehead atoms. The number of carbonyl (C=O) groups is 2. The van der Waals surface area contributed by atoms with Gasteiger partial charge in [-0.1, -0.05) is 35.9 Å². The van der Waals surface area contributed by atoms with E-state index in [0.29, 0.717) is 35.4 Å². The Morgan fingerprint density at radius 2 is 1.68 bits per heavy atom. The first-order chi connectivity index (χ1) is 16.5. The number of benzene rings is 3. The standard InChI is InChI=1S/C29H31N3O2/c1-19-9-16-27-25(18-19)26(30-22-14-15-22)8-5-17-32(27)29(34)21-10-12-23(13-11-21)31-28(33)24-7-4-3-6-20(24)2/h3-4,6-7,9-13,16,18,22,26,30H,5,8,14-15,17H2,1-2H3,(H,31,33). The van der Waals surface area contributed by atoms with E-state index in [2.05, 4.69) is 35.8 Å². The zero-order valence-electron chi connectivity index (χ0n) is 19.8. The fourth-order valence-corrected chi connectivity index (χ4v) is 4.72. The predicted molar refractivity (Wildman–Crippen MR) is 137 cm³/mol. The number of nitrogens with zero attached hydrogens (tertiary/aromatic N) is 1. The fraction of sp³-hybridized carbons (Fsp3) is 0.310. The Bertz CT molecular complexity index is 1210. The Kier molecular flexibility index (Phi) is 6.20. The van der Waals surface area contributed by atoms with E-state index in [9.17, 15) is 9.59 Å². The Balaban J connectivity index is 1.35. The monoisotopic (exact) mass is 453 g/mol. The summed E-state index contributed by atoms with van der Waals surface area (Å²) < 4.78 is 0. The van der Waals surface area contributed by atoms with Crippen molar-refractivity contribution in [1.29, 1.82) is 0 Å². The van der Waals surface area contributed by atoms with E-state index in [1.165, 1.54) is 24.0 Å². The molecule has 5 rings (SSSR count). The lowest BCUT2D eigenvalue weighted by atomic mass is 9.99. The van der Waals surface area contributed by atoms with Crippen molar-refractivity contribution in [2.45, 2.75) is 51.6 Å². The van der Waals surface area contributed by atoms with Gasteiger partial charge in [-0.2, -0.15) is 0 Å². The lowest BCUT2D eigenvalue weighted by Gasteiger charge is -2.25. The normalized spacial score (nSPS) is 17.6. The van der Waals surface area contributed by atoms with Crippen LogP contribution in [0.5, 0.6) is 0 Å². The molecule has 1 saturated carbocycles. The van der Waals surface area contributed by atoms with Crippen molar-refractivity contribution >= 4 is 23.2 Å². The minimum Gasteiger partial charge on any atom is -0.322 e. The van der Waals surface area contributed by atoms with Gasteiger partial charge in [0.25, 0.3) is 11.8 Å². The van der Waals surface area contributed by atoms with Crippen LogP contribution in [0.15, 0.2) is 66.7 Å². The average molecular weight is 454 g/mol. The summed E-state index contributed by atoms with van der Waals surface area (Å²) in [4.78, 5) is 28.1. The van der Waals surface area contributed by atoms with Gasteiger partial charge in [0.1, 0.15) is 0 Å². The lowest BCUT2D eigenvalue weighted by Crippen LogP contribution is -2.32. The maximum atomic E-state index is 13.6. The summed E-state index contributed by atoms with van der Waals surface area (Å²) in [6.07, 6.45) is 4.47. The summed E-state index contributed by atoms with van der Waals surface area (Å²) in [5, 5.41) is 6.71. The predicted octanol–water partition coefficient (Wildman–Crippen LogP) is 5.79. The van der Waals surface area contributed by atoms with Crippen LogP contribution < -0.4 is 15.5 Å². The molecule has 2 amide bonds. The van der Waals surface area contributed by atoms with E-state index in [0.717, 1.165) is 24.1 Å². The summed E-state index contributed by atoms with van der Waals surface area (Å²) in [5.41, 5.74) is 6.30. The molecule has 0 radical (unpaired) electrons. The molecule has 1 aliphatic carbocycles. The second kappa shape index (κ2) is 9.43. The maximum absolute atomic E-state index is 13.6. The number of fused-ring (bicyclic) bond motifs is 1. The van der Waals surface area contributed by atoms with Gasteiger partial charge in [-0.25, -0.2) is 0 Å². The highest BCUT2D eigenvalue weighted by Gasteiger charge is 2.31. The molecule has 0 aromatic heterocycles. The van der Waals surface area contributed by atoms with Gasteiger partial charge < -0.3 is 15.5 Å². The zero-order valence-corrected chi connectivity index (χ0v) is 19.8. The molecule has 0 saturated heterocycles. The molecule has 5 nitrogen and oxygen atoms in total. The summed E-state index contributed by atoms with van der Waals surface area (Å²) in [7, 11) is 0. The molecule has 2 aliphatic rings. The number of nitrogens with one attached hydrogen (secondary N) is 2. The van der Waals surface area contributed by atoms with Crippen molar-refractivity contribution in [3.05, 3.63) is 94.5 Å². The van der Waals surface area contributed by atoms with Crippen LogP contribution in [0.3, 0.4) is 0 Å². The Morgan fingerprint density at radius 1 is 0.912 bits per heavy atom. The molecule has 3 aromatic carbocycles. The Labute approximate surface area is 201 Å². The molecule has 2 N–H and O–H groups in total. The summed E-state index contributed by atoms with van der Waals surface area (Å²) in [6, 6.07) is 22.0. The van der Waals surface area contributed by atoms with Crippen molar-refractivity contribution in [3.63, 3.8) is 0 Å². The number of amides is 2. The van der Waals surface area contributed by atoms with E-state index in [1.54, 1.807) is 24.3 Å². The van der Waals surface area contributed by atoms with Crippen LogP contribution in [0.25, 0.3) is 0 Å². The Morgan fingerprint density at radius 3 is 2.41 bits per heavy atom. The number of carbonyl (C=O) groups excluding carboxylic acids is 2. The first kappa shape index (κ1) is 22.4. The van der Waals surface area contributed by atoms with Crippen LogP contribution in [0.1, 0.15) is 69.1 Å². The molecular weight excluding hydrogens is 422 g/mol. The van der Waals surface area contributed by atoms with Crippen molar-refractivity contribution in [2.24, 2.45) is 0 Å². The van der Waals surface area contributed by atoms with Gasteiger partial charge in [0, 0.05) is 41.1 Å². The quantitative estimate of drug-likeness (QED) is 0.514. The molecule has 1 aliphatic heterocycles. The summed E-state index contributed by atoms with van der Waals surface area (Å²) >= 11 is 0. The van der Waals surface area contributed by atoms with E-state index >= 15 is 0 Å². The fourth-order valence-electron chi connectivity index (χ4n) is 4.72. The summed E-state index contributed by atoms with van der Waals surface area (Å²) in [6.45, 7) is 4.72. The van der Waals surface area contributed by atoms with E-state index in [1.807, 2.05) is 36.1 Å². The van der Waals surface area contributed by atoms with Crippen LogP contribution in [0.2, 0.25) is 0 Å². The first-order valence-electron chi connectivity index (χ1n) is 12.1. The molecule has 3 aromatic rings. The summed E-state index contributed by atoms with van der Waals surface area (Å²) in [5.74, 6) is -0.155. The molecule has 34 heavy (non-hydrogen) atoms. The highest BCUT2D eigenvalue weighted by molar-refractivity contribution is 6.08. The van der Waals surface area contributed by atoms with Gasteiger partial charge in [0.05, 0.1) is 0 Å². The van der Waals surface area contributed by atoms with Crippen molar-refractivity contribution < 1.29 is 9.59 Å². The number of hydrogen-bond donors (Lipinski definition) is 2. The molecule has 1 heterocycles. The van der Waals surface area contributed by atoms with E-state index in [-0.39, 0.29) is 11.8 Å². The zero-order chi connectivity index (χ0) is 23.7. The smallest absolute Gasteiger partial charge is 0.258 e. The molecule has 1 unspecified atom stereocenters. The largest absolute Gasteiger partial charge is 0.322 e. The van der Waals surface area contributed by atoms with Crippen LogP contribution in [0, 0.1) is 13.8 Å². The molecule has 5 heteroatoms. The highest BCUT2D eigenvalue weighted by atomic mass is 16.2. The van der Waals surface area contributed by atoms with Gasteiger partial charge in [0.15, 0.2) is 0 Å². The second-order valence-electron chi connectivity index (χ2n) is 9.50. The van der Waals surface area contributed by atoms with E-state index in [4.69, 9.17) is 0 Å². The minimum atomic E-state index is -0.150. The minimum absolute atomic E-state index is 0.00560. The van der Waals surface area contributed by atoms with Gasteiger partial charge >= 0.3 is 0 Å². The van der Waals surface area contributed by atoms with Gasteiger partial charge in [0.2, 0.25) is 0 Å². The van der Waals surface area contributed by atoms with Crippen molar-refractivity contribution in [1.82, 2.24) is 5.32 Å². The molecule has 1 fully saturated rings. The maximum Gasteiger partial charge on any atom is 0.258 e. The third-order valence-electron chi connectivity index (χ3n) is 6.76. The first-order valence-corrected chi connectivity index (χ1v) is 12.1. The number of aryl methyl sites for hydroxylation is 2. The third kappa shape index (κ3) is 4.75. The van der Waals surface area contributed by atoms with Gasteiger partial charge in [-0.3, -0.25) is 9.59 Å². The van der Waals surface area contributed by atoms with Crippen molar-refractivity contribution in [2.75, 3.05) is 16.8 Å². The topological polar surface area (TPSA) is 61.4 Å². The lowest BCUT2D eigenvalue weighted by molar-refractivity contribution is 0.0985. The SMILES string of the molecule is Cc1ccc2c(c1)C(NC1CC1)CCCN2C(=O)c1ccc(NC(=O)c2ccccc2C)cc1. The molecular formula is C29H31N3O2. The van der Waals surface area contributed by atoms with Crippen LogP contribution >= 0.6 is 0 Å². The van der Waals surface area contributed by atoms with Crippen molar-refractivity contribution in [3.8, 4) is 0 Å². The van der Waals surface area contributed by atoms with Gasteiger partial charge in [-0.05, 0) is 87.1 Å². The average Bonchev–Trinajstić information content (AvgIpc) is 3.67. The number of rotatable bonds is 5. The molecule has 174 valence electrons. The molecule has 0 spiro atoms.